The Morgan fingerprint density at radius 2 is 1.71 bits per heavy atom. The number of fused-ring (bicyclic) bond motifs is 1. The van der Waals surface area contributed by atoms with Gasteiger partial charge in [-0.3, -0.25) is 9.59 Å². The van der Waals surface area contributed by atoms with Crippen LogP contribution in [0.15, 0.2) is 59.4 Å². The lowest BCUT2D eigenvalue weighted by Gasteiger charge is -2.31. The number of rotatable bonds is 4. The zero-order chi connectivity index (χ0) is 24.6. The predicted molar refractivity (Wildman–Crippen MR) is 135 cm³/mol. The number of carbonyl (C=O) groups is 1. The molecule has 0 atom stereocenters. The maximum atomic E-state index is 13.0. The molecule has 4 aromatic rings. The minimum atomic E-state index is -0.276. The average molecular weight is 471 g/mol. The summed E-state index contributed by atoms with van der Waals surface area (Å²) in [5.74, 6) is 0.756. The molecule has 0 bridgehead atoms. The minimum Gasteiger partial charge on any atom is -0.339 e. The predicted octanol–water partition coefficient (Wildman–Crippen LogP) is 3.88. The van der Waals surface area contributed by atoms with Crippen molar-refractivity contribution in [2.24, 2.45) is 0 Å². The summed E-state index contributed by atoms with van der Waals surface area (Å²) < 4.78 is 1.67. The van der Waals surface area contributed by atoms with Gasteiger partial charge in [-0.15, -0.1) is 5.10 Å². The van der Waals surface area contributed by atoms with Crippen molar-refractivity contribution >= 4 is 17.1 Å². The molecule has 1 fully saturated rings. The van der Waals surface area contributed by atoms with Gasteiger partial charge in [0.25, 0.3) is 11.5 Å². The molecular weight excluding hydrogens is 440 g/mol. The summed E-state index contributed by atoms with van der Waals surface area (Å²) in [6, 6.07) is 17.8. The highest BCUT2D eigenvalue weighted by atomic mass is 16.2. The van der Waals surface area contributed by atoms with Gasteiger partial charge in [-0.25, -0.2) is 9.67 Å². The number of benzene rings is 2. The number of aromatic amines is 1. The number of nitrogens with one attached hydrogen (secondary N) is 1. The molecule has 2 aromatic heterocycles. The van der Waals surface area contributed by atoms with Gasteiger partial charge in [0.2, 0.25) is 0 Å². The summed E-state index contributed by atoms with van der Waals surface area (Å²) in [5.41, 5.74) is 3.49. The molecule has 1 N–H and O–H groups in total. The van der Waals surface area contributed by atoms with Crippen LogP contribution >= 0.6 is 0 Å². The molecule has 35 heavy (non-hydrogen) atoms. The average Bonchev–Trinajstić information content (AvgIpc) is 3.27. The van der Waals surface area contributed by atoms with Gasteiger partial charge >= 0.3 is 0 Å². The first-order valence-corrected chi connectivity index (χ1v) is 12.1. The smallest absolute Gasteiger partial charge is 0.281 e. The monoisotopic (exact) mass is 470 g/mol. The van der Waals surface area contributed by atoms with E-state index in [1.807, 2.05) is 59.5 Å². The van der Waals surface area contributed by atoms with E-state index in [-0.39, 0.29) is 28.3 Å². The van der Waals surface area contributed by atoms with E-state index in [0.717, 1.165) is 18.4 Å². The Morgan fingerprint density at radius 3 is 2.37 bits per heavy atom. The number of amides is 1. The first-order valence-electron chi connectivity index (χ1n) is 12.1. The Morgan fingerprint density at radius 1 is 1.03 bits per heavy atom. The zero-order valence-corrected chi connectivity index (χ0v) is 20.4. The second-order valence-electron chi connectivity index (χ2n) is 10.2. The number of hydrogen-bond acceptors (Lipinski definition) is 5. The third-order valence-electron chi connectivity index (χ3n) is 6.73. The van der Waals surface area contributed by atoms with Crippen molar-refractivity contribution in [2.45, 2.75) is 51.5 Å². The van der Waals surface area contributed by atoms with Crippen LogP contribution in [0.1, 0.15) is 66.8 Å². The SMILES string of the molecule is CC(C)(C)c1ccc(C(=O)N2CCC(c3nc4c(nnn4Cc4ccccc4)c(=O)[nH]3)CC2)cc1. The van der Waals surface area contributed by atoms with E-state index in [4.69, 9.17) is 4.98 Å². The highest BCUT2D eigenvalue weighted by molar-refractivity contribution is 5.94. The van der Waals surface area contributed by atoms with Crippen LogP contribution in [0.4, 0.5) is 0 Å². The number of likely N-dealkylation sites (tertiary alicyclic amines) is 1. The summed E-state index contributed by atoms with van der Waals surface area (Å²) in [5, 5.41) is 8.20. The number of aromatic nitrogens is 5. The Hall–Kier alpha value is -3.81. The van der Waals surface area contributed by atoms with Crippen molar-refractivity contribution in [2.75, 3.05) is 13.1 Å². The summed E-state index contributed by atoms with van der Waals surface area (Å²) >= 11 is 0. The molecule has 1 aliphatic heterocycles. The number of hydrogen-bond donors (Lipinski definition) is 1. The fourth-order valence-corrected chi connectivity index (χ4v) is 4.59. The van der Waals surface area contributed by atoms with Crippen molar-refractivity contribution in [1.82, 2.24) is 29.9 Å². The van der Waals surface area contributed by atoms with Crippen LogP contribution in [-0.2, 0) is 12.0 Å². The maximum absolute atomic E-state index is 13.0. The van der Waals surface area contributed by atoms with E-state index < -0.39 is 0 Å². The molecule has 0 saturated carbocycles. The normalized spacial score (nSPS) is 15.0. The van der Waals surface area contributed by atoms with E-state index in [0.29, 0.717) is 36.7 Å². The van der Waals surface area contributed by atoms with Crippen molar-refractivity contribution in [1.29, 1.82) is 0 Å². The third kappa shape index (κ3) is 4.73. The number of piperidine rings is 1. The maximum Gasteiger partial charge on any atom is 0.281 e. The lowest BCUT2D eigenvalue weighted by atomic mass is 9.86. The van der Waals surface area contributed by atoms with Gasteiger partial charge in [0.05, 0.1) is 6.54 Å². The Kier molecular flexibility index (Phi) is 5.96. The number of H-pyrrole nitrogens is 1. The molecule has 1 aliphatic rings. The van der Waals surface area contributed by atoms with E-state index >= 15 is 0 Å². The van der Waals surface area contributed by atoms with Crippen LogP contribution in [-0.4, -0.2) is 48.9 Å². The molecule has 3 heterocycles. The molecule has 180 valence electrons. The molecule has 0 aliphatic carbocycles. The van der Waals surface area contributed by atoms with E-state index in [9.17, 15) is 9.59 Å². The second kappa shape index (κ2) is 9.09. The van der Waals surface area contributed by atoms with E-state index in [1.54, 1.807) is 4.68 Å². The number of nitrogens with zero attached hydrogens (tertiary/aromatic N) is 5. The van der Waals surface area contributed by atoms with Gasteiger partial charge in [-0.1, -0.05) is 68.4 Å². The van der Waals surface area contributed by atoms with Gasteiger partial charge in [0, 0.05) is 24.6 Å². The molecule has 8 heteroatoms. The Labute approximate surface area is 204 Å². The van der Waals surface area contributed by atoms with Crippen LogP contribution in [0.25, 0.3) is 11.2 Å². The lowest BCUT2D eigenvalue weighted by Crippen LogP contribution is -2.38. The molecule has 0 spiro atoms. The molecule has 0 unspecified atom stereocenters. The quantitative estimate of drug-likeness (QED) is 0.488. The van der Waals surface area contributed by atoms with Gasteiger partial charge in [0.15, 0.2) is 11.2 Å². The zero-order valence-electron chi connectivity index (χ0n) is 20.4. The van der Waals surface area contributed by atoms with Crippen molar-refractivity contribution in [3.63, 3.8) is 0 Å². The summed E-state index contributed by atoms with van der Waals surface area (Å²) in [7, 11) is 0. The van der Waals surface area contributed by atoms with Crippen LogP contribution < -0.4 is 5.56 Å². The standard InChI is InChI=1S/C27H30N6O2/c1-27(2,3)21-11-9-20(10-12-21)26(35)32-15-13-19(14-16-32)23-28-24-22(25(34)29-23)30-31-33(24)17-18-7-5-4-6-8-18/h4-12,19H,13-17H2,1-3H3,(H,28,29,34). The van der Waals surface area contributed by atoms with Crippen molar-refractivity contribution in [3.8, 4) is 0 Å². The van der Waals surface area contributed by atoms with Gasteiger partial charge < -0.3 is 9.88 Å². The second-order valence-corrected chi connectivity index (χ2v) is 10.2. The molecule has 0 radical (unpaired) electrons. The molecule has 2 aromatic carbocycles. The largest absolute Gasteiger partial charge is 0.339 e. The van der Waals surface area contributed by atoms with Crippen LogP contribution in [0, 0.1) is 0 Å². The van der Waals surface area contributed by atoms with Gasteiger partial charge in [-0.2, -0.15) is 0 Å². The first-order chi connectivity index (χ1) is 16.8. The highest BCUT2D eigenvalue weighted by Crippen LogP contribution is 2.27. The van der Waals surface area contributed by atoms with Crippen LogP contribution in [0.2, 0.25) is 0 Å². The fourth-order valence-electron chi connectivity index (χ4n) is 4.59. The topological polar surface area (TPSA) is 96.8 Å². The van der Waals surface area contributed by atoms with E-state index in [2.05, 4.69) is 36.1 Å². The first kappa shape index (κ1) is 23.0. The van der Waals surface area contributed by atoms with Gasteiger partial charge in [0.1, 0.15) is 5.82 Å². The molecule has 1 saturated heterocycles. The Bertz CT molecular complexity index is 1390. The lowest BCUT2D eigenvalue weighted by molar-refractivity contribution is 0.0711. The van der Waals surface area contributed by atoms with Crippen LogP contribution in [0.5, 0.6) is 0 Å². The number of carbonyl (C=O) groups excluding carboxylic acids is 1. The minimum absolute atomic E-state index is 0.0472. The van der Waals surface area contributed by atoms with E-state index in [1.165, 1.54) is 5.56 Å². The van der Waals surface area contributed by atoms with Crippen molar-refractivity contribution < 1.29 is 4.79 Å². The molecule has 1 amide bonds. The van der Waals surface area contributed by atoms with Crippen LogP contribution in [0.3, 0.4) is 0 Å². The van der Waals surface area contributed by atoms with Gasteiger partial charge in [-0.05, 0) is 41.5 Å². The highest BCUT2D eigenvalue weighted by Gasteiger charge is 2.27. The summed E-state index contributed by atoms with van der Waals surface area (Å²) in [6.07, 6.45) is 1.47. The fraction of sp³-hybridized carbons (Fsp3) is 0.370. The summed E-state index contributed by atoms with van der Waals surface area (Å²) in [4.78, 5) is 35.3. The molecule has 5 rings (SSSR count). The Balaban J connectivity index is 1.30. The van der Waals surface area contributed by atoms with Crippen molar-refractivity contribution in [3.05, 3.63) is 87.5 Å². The summed E-state index contributed by atoms with van der Waals surface area (Å²) in [6.45, 7) is 8.22. The third-order valence-corrected chi connectivity index (χ3v) is 6.73. The molecule has 8 nitrogen and oxygen atoms in total. The molecular formula is C27H30N6O2.